The van der Waals surface area contributed by atoms with Crippen molar-refractivity contribution in [2.75, 3.05) is 0 Å². The molecule has 1 aromatic carbocycles. The van der Waals surface area contributed by atoms with Crippen LogP contribution in [0, 0.1) is 29.6 Å². The van der Waals surface area contributed by atoms with Crippen LogP contribution in [0.1, 0.15) is 57.4 Å². The Bertz CT molecular complexity index is 744. The number of carbonyl (C=O) groups is 1. The lowest BCUT2D eigenvalue weighted by molar-refractivity contribution is -0.107. The molecule has 0 radical (unpaired) electrons. The number of rotatable bonds is 4. The highest BCUT2D eigenvalue weighted by atomic mass is 16.5. The number of benzene rings is 1. The summed E-state index contributed by atoms with van der Waals surface area (Å²) in [5.74, 6) is 9.36. The molecule has 4 bridgehead atoms. The molecule has 1 unspecified atom stereocenters. The Morgan fingerprint density at radius 2 is 1.93 bits per heavy atom. The minimum atomic E-state index is -0.893. The Balaban J connectivity index is 1.49. The molecule has 1 atom stereocenters. The Morgan fingerprint density at radius 1 is 1.30 bits per heavy atom. The predicted octanol–water partition coefficient (Wildman–Crippen LogP) is 3.93. The molecule has 4 aliphatic rings. The quantitative estimate of drug-likeness (QED) is 0.480. The highest BCUT2D eigenvalue weighted by Crippen LogP contribution is 2.57. The fourth-order valence-corrected chi connectivity index (χ4v) is 5.70. The summed E-state index contributed by atoms with van der Waals surface area (Å²) >= 11 is 0. The van der Waals surface area contributed by atoms with Crippen LogP contribution in [0.5, 0.6) is 5.75 Å². The Kier molecular flexibility index (Phi) is 4.77. The van der Waals surface area contributed by atoms with E-state index in [-0.39, 0.29) is 5.60 Å². The third-order valence-corrected chi connectivity index (χ3v) is 6.44. The van der Waals surface area contributed by atoms with Gasteiger partial charge in [0.05, 0.1) is 0 Å². The van der Waals surface area contributed by atoms with Crippen molar-refractivity contribution in [3.8, 4) is 17.6 Å². The van der Waals surface area contributed by atoms with E-state index in [1.165, 1.54) is 38.5 Å². The van der Waals surface area contributed by atoms with E-state index in [4.69, 9.17) is 10.5 Å². The van der Waals surface area contributed by atoms with Gasteiger partial charge in [-0.25, -0.2) is 4.79 Å². The zero-order chi connectivity index (χ0) is 19.0. The van der Waals surface area contributed by atoms with Gasteiger partial charge >= 0.3 is 6.03 Å². The number of ether oxygens (including phenoxy) is 1. The molecule has 4 saturated carbocycles. The van der Waals surface area contributed by atoms with Crippen molar-refractivity contribution in [3.05, 3.63) is 29.8 Å². The van der Waals surface area contributed by atoms with E-state index in [2.05, 4.69) is 11.8 Å². The fraction of sp³-hybridized carbons (Fsp3) is 0.591. The van der Waals surface area contributed by atoms with Crippen LogP contribution in [0.25, 0.3) is 0 Å². The molecule has 5 rings (SSSR count). The molecule has 5 heteroatoms. The van der Waals surface area contributed by atoms with Crippen LogP contribution in [0.15, 0.2) is 24.3 Å². The minimum Gasteiger partial charge on any atom is -0.487 e. The first-order chi connectivity index (χ1) is 13.0. The largest absolute Gasteiger partial charge is 0.487 e. The maximum absolute atomic E-state index is 11.1. The van der Waals surface area contributed by atoms with Crippen LogP contribution in [-0.2, 0) is 0 Å². The number of primary amides is 1. The van der Waals surface area contributed by atoms with Crippen molar-refractivity contribution in [3.63, 3.8) is 0 Å². The van der Waals surface area contributed by atoms with Crippen LogP contribution < -0.4 is 10.5 Å². The first-order valence-electron chi connectivity index (χ1n) is 10.0. The summed E-state index contributed by atoms with van der Waals surface area (Å²) in [6, 6.07) is 6.32. The number of nitrogens with two attached hydrogens (primary N) is 1. The van der Waals surface area contributed by atoms with E-state index in [1.54, 1.807) is 0 Å². The lowest BCUT2D eigenvalue weighted by Gasteiger charge is -2.56. The maximum Gasteiger partial charge on any atom is 0.339 e. The zero-order valence-electron chi connectivity index (χ0n) is 15.9. The van der Waals surface area contributed by atoms with Gasteiger partial charge in [-0.15, -0.1) is 0 Å². The van der Waals surface area contributed by atoms with E-state index in [9.17, 15) is 10.0 Å². The fourth-order valence-electron chi connectivity index (χ4n) is 5.70. The Hall–Kier alpha value is -2.19. The number of nitrogens with zero attached hydrogens (tertiary/aromatic N) is 1. The van der Waals surface area contributed by atoms with Gasteiger partial charge in [0.25, 0.3) is 0 Å². The van der Waals surface area contributed by atoms with Gasteiger partial charge in [0.15, 0.2) is 0 Å². The van der Waals surface area contributed by atoms with Crippen molar-refractivity contribution < 1.29 is 14.7 Å². The van der Waals surface area contributed by atoms with Crippen LogP contribution in [0.3, 0.4) is 0 Å². The lowest BCUT2D eigenvalue weighted by atomic mass is 9.54. The van der Waals surface area contributed by atoms with Crippen molar-refractivity contribution in [1.29, 1.82) is 0 Å². The number of hydroxylamine groups is 2. The monoisotopic (exact) mass is 368 g/mol. The summed E-state index contributed by atoms with van der Waals surface area (Å²) in [5, 5.41) is 10.2. The van der Waals surface area contributed by atoms with Crippen molar-refractivity contribution >= 4 is 6.03 Å². The number of amides is 2. The lowest BCUT2D eigenvalue weighted by Crippen LogP contribution is -2.53. The van der Waals surface area contributed by atoms with Gasteiger partial charge in [-0.2, -0.15) is 5.06 Å². The van der Waals surface area contributed by atoms with E-state index in [1.807, 2.05) is 31.2 Å². The van der Waals surface area contributed by atoms with E-state index in [0.29, 0.717) is 11.5 Å². The normalized spacial score (nSPS) is 31.7. The molecule has 0 spiro atoms. The van der Waals surface area contributed by atoms with Gasteiger partial charge < -0.3 is 10.5 Å². The molecule has 0 aromatic heterocycles. The number of hydrogen-bond acceptors (Lipinski definition) is 3. The summed E-state index contributed by atoms with van der Waals surface area (Å²) < 4.78 is 6.57. The van der Waals surface area contributed by atoms with E-state index < -0.39 is 12.1 Å². The summed E-state index contributed by atoms with van der Waals surface area (Å²) in [5.41, 5.74) is 5.95. The van der Waals surface area contributed by atoms with Crippen LogP contribution in [0.4, 0.5) is 4.79 Å². The Labute approximate surface area is 160 Å². The van der Waals surface area contributed by atoms with Crippen molar-refractivity contribution in [1.82, 2.24) is 5.06 Å². The summed E-state index contributed by atoms with van der Waals surface area (Å²) in [6.07, 6.45) is 8.23. The molecule has 4 aliphatic carbocycles. The van der Waals surface area contributed by atoms with Gasteiger partial charge in [0, 0.05) is 5.56 Å². The van der Waals surface area contributed by atoms with E-state index >= 15 is 0 Å². The summed E-state index contributed by atoms with van der Waals surface area (Å²) in [4.78, 5) is 11.1. The number of carbonyl (C=O) groups excluding carboxylic acids is 1. The maximum atomic E-state index is 11.1. The van der Waals surface area contributed by atoms with Gasteiger partial charge in [0.1, 0.15) is 17.4 Å². The summed E-state index contributed by atoms with van der Waals surface area (Å²) in [6.45, 7) is 1.85. The second-order valence-electron chi connectivity index (χ2n) is 8.61. The second kappa shape index (κ2) is 7.09. The molecule has 2 amide bonds. The topological polar surface area (TPSA) is 75.8 Å². The molecule has 5 nitrogen and oxygen atoms in total. The smallest absolute Gasteiger partial charge is 0.339 e. The third kappa shape index (κ3) is 3.77. The van der Waals surface area contributed by atoms with Crippen molar-refractivity contribution in [2.45, 2.75) is 63.5 Å². The first-order valence-corrected chi connectivity index (χ1v) is 10.0. The number of hydrogen-bond donors (Lipinski definition) is 2. The second-order valence-corrected chi connectivity index (χ2v) is 8.61. The zero-order valence-corrected chi connectivity index (χ0v) is 15.9. The molecule has 0 saturated heterocycles. The molecular formula is C22H28N2O3. The van der Waals surface area contributed by atoms with Gasteiger partial charge in [0.2, 0.25) is 0 Å². The third-order valence-electron chi connectivity index (χ3n) is 6.44. The average molecular weight is 368 g/mol. The molecule has 0 heterocycles. The molecule has 27 heavy (non-hydrogen) atoms. The number of urea groups is 1. The van der Waals surface area contributed by atoms with Crippen molar-refractivity contribution in [2.24, 2.45) is 23.5 Å². The van der Waals surface area contributed by atoms with E-state index in [0.717, 1.165) is 29.1 Å². The first kappa shape index (κ1) is 18.2. The summed E-state index contributed by atoms with van der Waals surface area (Å²) in [7, 11) is 0. The van der Waals surface area contributed by atoms with Crippen LogP contribution in [-0.4, -0.2) is 27.9 Å². The minimum absolute atomic E-state index is 0.0145. The molecule has 3 N–H and O–H groups in total. The van der Waals surface area contributed by atoms with Gasteiger partial charge in [-0.1, -0.05) is 24.8 Å². The molecular weight excluding hydrogens is 340 g/mol. The standard InChI is InChI=1S/C22H28N2O3/c1-2-19(24(26)21(23)25)7-6-15-4-3-5-20(11-15)27-22-12-16-8-17(13-22)10-18(9-16)14-22/h3-5,11,16-19,26H,2,8-10,12-14H2,1H3,(H2,23,25). The molecule has 0 aliphatic heterocycles. The van der Waals surface area contributed by atoms with Crippen LogP contribution >= 0.6 is 0 Å². The molecule has 144 valence electrons. The molecule has 1 aromatic rings. The SMILES string of the molecule is CCC(C#Cc1cccc(OC23CC4CC(CC(C4)C2)C3)c1)N(O)C(N)=O. The van der Waals surface area contributed by atoms with Gasteiger partial charge in [-0.05, 0) is 80.9 Å². The Morgan fingerprint density at radius 3 is 2.48 bits per heavy atom. The highest BCUT2D eigenvalue weighted by molar-refractivity contribution is 5.71. The van der Waals surface area contributed by atoms with Crippen LogP contribution in [0.2, 0.25) is 0 Å². The molecule has 4 fully saturated rings. The average Bonchev–Trinajstić information content (AvgIpc) is 2.60. The predicted molar refractivity (Wildman–Crippen MR) is 102 cm³/mol. The highest BCUT2D eigenvalue weighted by Gasteiger charge is 2.52. The van der Waals surface area contributed by atoms with Gasteiger partial charge in [-0.3, -0.25) is 5.21 Å².